The van der Waals surface area contributed by atoms with Crippen molar-refractivity contribution in [2.45, 2.75) is 105 Å². The topological polar surface area (TPSA) is 18.8 Å². The third-order valence-electron chi connectivity index (χ3n) is 10.1. The highest BCUT2D eigenvalue weighted by molar-refractivity contribution is 6.12. The van der Waals surface area contributed by atoms with Gasteiger partial charge in [-0.2, -0.15) is 5.10 Å². The smallest absolute Gasteiger partial charge is 0.162 e. The van der Waals surface area contributed by atoms with Crippen LogP contribution in [0, 0.1) is 0 Å². The zero-order valence-electron chi connectivity index (χ0n) is 33.0. The van der Waals surface area contributed by atoms with Crippen LogP contribution in [0.15, 0.2) is 120 Å². The number of hydrogen-bond acceptors (Lipinski definition) is 3. The SMILES string of the molecule is CC(C)(C)c1cc(-c2cccc(-c3ccccc3)c2N2CN(c3cc(C(C)(C)C)cc(C(C)(C)C)c3)C(c3ccccc3)=N2)cc(C(C)(C)C)c1. The van der Waals surface area contributed by atoms with Crippen molar-refractivity contribution in [1.82, 2.24) is 0 Å². The molecular weight excluding hydrogens is 619 g/mol. The van der Waals surface area contributed by atoms with Gasteiger partial charge in [0.05, 0.1) is 5.69 Å². The van der Waals surface area contributed by atoms with E-state index in [0.29, 0.717) is 6.67 Å². The Morgan fingerprint density at radius 2 is 0.843 bits per heavy atom. The van der Waals surface area contributed by atoms with E-state index >= 15 is 0 Å². The largest absolute Gasteiger partial charge is 0.304 e. The maximum atomic E-state index is 5.56. The van der Waals surface area contributed by atoms with Gasteiger partial charge in [-0.3, -0.25) is 0 Å². The van der Waals surface area contributed by atoms with Gasteiger partial charge in [-0.1, -0.05) is 186 Å². The molecule has 0 saturated heterocycles. The summed E-state index contributed by atoms with van der Waals surface area (Å²) in [6.07, 6.45) is 0. The minimum Gasteiger partial charge on any atom is -0.304 e. The van der Waals surface area contributed by atoms with Gasteiger partial charge in [0.1, 0.15) is 6.67 Å². The molecule has 264 valence electrons. The van der Waals surface area contributed by atoms with Gasteiger partial charge in [0.25, 0.3) is 0 Å². The van der Waals surface area contributed by atoms with Crippen LogP contribution in [0.1, 0.15) is 111 Å². The van der Waals surface area contributed by atoms with Gasteiger partial charge in [0, 0.05) is 22.4 Å². The summed E-state index contributed by atoms with van der Waals surface area (Å²) in [5.41, 5.74) is 13.5. The highest BCUT2D eigenvalue weighted by atomic mass is 15.6. The van der Waals surface area contributed by atoms with Crippen LogP contribution < -0.4 is 9.91 Å². The van der Waals surface area contributed by atoms with Crippen molar-refractivity contribution in [2.75, 3.05) is 16.6 Å². The van der Waals surface area contributed by atoms with Gasteiger partial charge in [0.2, 0.25) is 0 Å². The molecular formula is C48H57N3. The normalized spacial score (nSPS) is 14.2. The summed E-state index contributed by atoms with van der Waals surface area (Å²) in [5, 5.41) is 7.81. The average molecular weight is 676 g/mol. The molecule has 51 heavy (non-hydrogen) atoms. The maximum Gasteiger partial charge on any atom is 0.162 e. The van der Waals surface area contributed by atoms with E-state index in [-0.39, 0.29) is 21.7 Å². The average Bonchev–Trinajstić information content (AvgIpc) is 3.52. The fourth-order valence-electron chi connectivity index (χ4n) is 6.71. The lowest BCUT2D eigenvalue weighted by molar-refractivity contribution is 0.568. The van der Waals surface area contributed by atoms with E-state index in [9.17, 15) is 0 Å². The lowest BCUT2D eigenvalue weighted by Gasteiger charge is -2.30. The molecule has 3 heteroatoms. The van der Waals surface area contributed by atoms with Crippen LogP contribution in [-0.4, -0.2) is 12.5 Å². The monoisotopic (exact) mass is 675 g/mol. The van der Waals surface area contributed by atoms with E-state index in [1.165, 1.54) is 50.2 Å². The summed E-state index contributed by atoms with van der Waals surface area (Å²) < 4.78 is 0. The van der Waals surface area contributed by atoms with E-state index in [0.717, 1.165) is 17.1 Å². The van der Waals surface area contributed by atoms with Crippen molar-refractivity contribution in [2.24, 2.45) is 5.10 Å². The Morgan fingerprint density at radius 1 is 0.431 bits per heavy atom. The standard InChI is InChI=1S/C48H57N3/c1-45(2,3)36-26-35(27-37(28-36)46(4,5)6)42-25-19-24-41(33-20-15-13-16-21-33)43(42)51-32-50(44(49-51)34-22-17-14-18-23-34)40-30-38(47(7,8)9)29-39(31-40)48(10,11)12/h13-31H,32H2,1-12H3. The highest BCUT2D eigenvalue weighted by Gasteiger charge is 2.32. The van der Waals surface area contributed by atoms with E-state index in [4.69, 9.17) is 5.10 Å². The molecule has 5 aromatic carbocycles. The number of para-hydroxylation sites is 1. The molecule has 3 nitrogen and oxygen atoms in total. The highest BCUT2D eigenvalue weighted by Crippen LogP contribution is 2.44. The van der Waals surface area contributed by atoms with E-state index < -0.39 is 0 Å². The zero-order chi connectivity index (χ0) is 36.9. The fraction of sp³-hybridized carbons (Fsp3) is 0.354. The molecule has 0 N–H and O–H groups in total. The first-order valence-electron chi connectivity index (χ1n) is 18.5. The number of nitrogens with zero attached hydrogens (tertiary/aromatic N) is 3. The lowest BCUT2D eigenvalue weighted by Crippen LogP contribution is -2.32. The molecule has 0 aromatic heterocycles. The first-order chi connectivity index (χ1) is 23.8. The van der Waals surface area contributed by atoms with Crippen molar-refractivity contribution < 1.29 is 0 Å². The Kier molecular flexibility index (Phi) is 9.34. The van der Waals surface area contributed by atoms with Crippen LogP contribution in [0.3, 0.4) is 0 Å². The molecule has 6 rings (SSSR count). The number of rotatable bonds is 5. The summed E-state index contributed by atoms with van der Waals surface area (Å²) in [6.45, 7) is 28.3. The molecule has 1 aliphatic heterocycles. The number of benzene rings is 5. The first kappa shape index (κ1) is 36.2. The van der Waals surface area contributed by atoms with E-state index in [2.05, 4.69) is 208 Å². The second-order valence-corrected chi connectivity index (χ2v) is 18.4. The molecule has 0 atom stereocenters. The van der Waals surface area contributed by atoms with Crippen LogP contribution in [-0.2, 0) is 21.7 Å². The van der Waals surface area contributed by atoms with Crippen LogP contribution in [0.5, 0.6) is 0 Å². The van der Waals surface area contributed by atoms with Gasteiger partial charge < -0.3 is 4.90 Å². The predicted molar refractivity (Wildman–Crippen MR) is 221 cm³/mol. The van der Waals surface area contributed by atoms with Crippen LogP contribution in [0.2, 0.25) is 0 Å². The number of amidine groups is 1. The molecule has 1 heterocycles. The Bertz CT molecular complexity index is 1980. The zero-order valence-corrected chi connectivity index (χ0v) is 33.0. The van der Waals surface area contributed by atoms with E-state index in [1.807, 2.05) is 0 Å². The molecule has 5 aromatic rings. The number of hydrazone groups is 1. The van der Waals surface area contributed by atoms with Crippen molar-refractivity contribution >= 4 is 17.2 Å². The van der Waals surface area contributed by atoms with Gasteiger partial charge in [0.15, 0.2) is 5.84 Å². The number of anilines is 2. The predicted octanol–water partition coefficient (Wildman–Crippen LogP) is 12.9. The van der Waals surface area contributed by atoms with Gasteiger partial charge >= 0.3 is 0 Å². The summed E-state index contributed by atoms with van der Waals surface area (Å²) in [5.74, 6) is 0.953. The molecule has 0 fully saturated rings. The Hall–Kier alpha value is -4.63. The lowest BCUT2D eigenvalue weighted by atomic mass is 9.78. The molecule has 0 spiro atoms. The summed E-state index contributed by atoms with van der Waals surface area (Å²) in [6, 6.07) is 42.6. The Labute approximate surface area is 308 Å². The van der Waals surface area contributed by atoms with Gasteiger partial charge in [-0.05, 0) is 67.2 Å². The molecule has 0 saturated carbocycles. The van der Waals surface area contributed by atoms with Crippen LogP contribution in [0.25, 0.3) is 22.3 Å². The van der Waals surface area contributed by atoms with Crippen molar-refractivity contribution in [3.05, 3.63) is 143 Å². The minimum absolute atomic E-state index is 0.000871. The minimum atomic E-state index is -0.00458. The number of hydrogen-bond donors (Lipinski definition) is 0. The first-order valence-corrected chi connectivity index (χ1v) is 18.5. The molecule has 0 bridgehead atoms. The van der Waals surface area contributed by atoms with Crippen molar-refractivity contribution in [3.8, 4) is 22.3 Å². The molecule has 0 amide bonds. The fourth-order valence-corrected chi connectivity index (χ4v) is 6.71. The molecule has 0 unspecified atom stereocenters. The molecule has 0 aliphatic carbocycles. The van der Waals surface area contributed by atoms with Gasteiger partial charge in [-0.25, -0.2) is 5.01 Å². The van der Waals surface area contributed by atoms with E-state index in [1.54, 1.807) is 0 Å². The van der Waals surface area contributed by atoms with Crippen molar-refractivity contribution in [1.29, 1.82) is 0 Å². The Morgan fingerprint density at radius 3 is 1.29 bits per heavy atom. The van der Waals surface area contributed by atoms with Crippen LogP contribution in [0.4, 0.5) is 11.4 Å². The second-order valence-electron chi connectivity index (χ2n) is 18.4. The molecule has 0 radical (unpaired) electrons. The van der Waals surface area contributed by atoms with Gasteiger partial charge in [-0.15, -0.1) is 0 Å². The second kappa shape index (κ2) is 13.2. The maximum absolute atomic E-state index is 5.56. The van der Waals surface area contributed by atoms with Crippen LogP contribution >= 0.6 is 0 Å². The third-order valence-corrected chi connectivity index (χ3v) is 10.1. The Balaban J connectivity index is 1.62. The molecule has 1 aliphatic rings. The summed E-state index contributed by atoms with van der Waals surface area (Å²) >= 11 is 0. The summed E-state index contributed by atoms with van der Waals surface area (Å²) in [4.78, 5) is 2.41. The quantitative estimate of drug-likeness (QED) is 0.185. The third kappa shape index (κ3) is 7.69. The van der Waals surface area contributed by atoms with Crippen molar-refractivity contribution in [3.63, 3.8) is 0 Å². The summed E-state index contributed by atoms with van der Waals surface area (Å²) in [7, 11) is 0.